The zero-order valence-corrected chi connectivity index (χ0v) is 22.0. The highest BCUT2D eigenvalue weighted by Crippen LogP contribution is 2.39. The molecule has 3 aliphatic rings. The monoisotopic (exact) mass is 513 g/mol. The Bertz CT molecular complexity index is 1460. The number of fused-ring (bicyclic) bond motifs is 4. The van der Waals surface area contributed by atoms with E-state index in [1.807, 2.05) is 67.0 Å². The summed E-state index contributed by atoms with van der Waals surface area (Å²) in [5.41, 5.74) is 3.44. The van der Waals surface area contributed by atoms with E-state index in [0.29, 0.717) is 30.8 Å². The molecule has 6 nitrogen and oxygen atoms in total. The first kappa shape index (κ1) is 24.6. The molecular formula is C31H32FN3O3. The lowest BCUT2D eigenvalue weighted by Crippen LogP contribution is -2.53. The van der Waals surface area contributed by atoms with Gasteiger partial charge in [-0.25, -0.2) is 4.39 Å². The number of likely N-dealkylation sites (tertiary alicyclic amines) is 2. The molecule has 196 valence electrons. The second kappa shape index (κ2) is 8.93. The van der Waals surface area contributed by atoms with Crippen molar-refractivity contribution < 1.29 is 18.8 Å². The second-order valence-corrected chi connectivity index (χ2v) is 12.0. The number of carbonyl (C=O) groups is 3. The minimum Gasteiger partial charge on any atom is -0.352 e. The maximum atomic E-state index is 13.8. The molecule has 2 saturated heterocycles. The van der Waals surface area contributed by atoms with Gasteiger partial charge >= 0.3 is 0 Å². The van der Waals surface area contributed by atoms with E-state index in [4.69, 9.17) is 0 Å². The lowest BCUT2D eigenvalue weighted by atomic mass is 9.76. The number of benzene rings is 2. The van der Waals surface area contributed by atoms with Crippen LogP contribution in [-0.4, -0.2) is 57.6 Å². The van der Waals surface area contributed by atoms with Crippen LogP contribution >= 0.6 is 0 Å². The zero-order valence-electron chi connectivity index (χ0n) is 22.0. The van der Waals surface area contributed by atoms with E-state index in [1.54, 1.807) is 6.07 Å². The van der Waals surface area contributed by atoms with Gasteiger partial charge in [0.2, 0.25) is 5.91 Å². The van der Waals surface area contributed by atoms with Crippen molar-refractivity contribution in [1.29, 1.82) is 0 Å². The van der Waals surface area contributed by atoms with Gasteiger partial charge in [0.05, 0.1) is 23.7 Å². The Labute approximate surface area is 221 Å². The zero-order chi connectivity index (χ0) is 26.8. The molecular weight excluding hydrogens is 481 g/mol. The van der Waals surface area contributed by atoms with Crippen LogP contribution in [-0.2, 0) is 16.0 Å². The number of nitrogens with zero attached hydrogens (tertiary/aromatic N) is 2. The highest BCUT2D eigenvalue weighted by Gasteiger charge is 2.50. The Morgan fingerprint density at radius 2 is 1.76 bits per heavy atom. The van der Waals surface area contributed by atoms with Crippen LogP contribution in [0.3, 0.4) is 0 Å². The topological polar surface area (TPSA) is 73.5 Å². The first-order chi connectivity index (χ1) is 18.1. The third-order valence-electron chi connectivity index (χ3n) is 8.44. The number of H-pyrrole nitrogens is 1. The van der Waals surface area contributed by atoms with Gasteiger partial charge in [0.25, 0.3) is 5.91 Å². The Morgan fingerprint density at radius 1 is 1.03 bits per heavy atom. The van der Waals surface area contributed by atoms with Crippen molar-refractivity contribution in [2.75, 3.05) is 13.1 Å². The molecule has 0 unspecified atom stereocenters. The van der Waals surface area contributed by atoms with Gasteiger partial charge in [-0.05, 0) is 53.3 Å². The Balaban J connectivity index is 1.14. The molecule has 0 saturated carbocycles. The van der Waals surface area contributed by atoms with Gasteiger partial charge in [0, 0.05) is 42.4 Å². The van der Waals surface area contributed by atoms with Crippen LogP contribution in [0.5, 0.6) is 0 Å². The summed E-state index contributed by atoms with van der Waals surface area (Å²) in [6, 6.07) is 14.1. The minimum absolute atomic E-state index is 0.00970. The maximum Gasteiger partial charge on any atom is 0.250 e. The lowest BCUT2D eigenvalue weighted by Gasteiger charge is -2.39. The molecule has 2 aliphatic heterocycles. The molecule has 1 N–H and O–H groups in total. The number of Topliss-reactive ketones (excluding diaryl/α,β-unsaturated/α-hetero) is 1. The predicted octanol–water partition coefficient (Wildman–Crippen LogP) is 4.99. The average molecular weight is 514 g/mol. The molecule has 1 aromatic heterocycles. The first-order valence-corrected chi connectivity index (χ1v) is 13.3. The van der Waals surface area contributed by atoms with Crippen LogP contribution < -0.4 is 0 Å². The van der Waals surface area contributed by atoms with Crippen molar-refractivity contribution in [2.45, 2.75) is 52.1 Å². The van der Waals surface area contributed by atoms with Crippen LogP contribution in [0.4, 0.5) is 4.39 Å². The van der Waals surface area contributed by atoms with Gasteiger partial charge in [-0.2, -0.15) is 0 Å². The van der Waals surface area contributed by atoms with E-state index in [0.717, 1.165) is 28.5 Å². The largest absolute Gasteiger partial charge is 0.352 e. The van der Waals surface area contributed by atoms with Crippen molar-refractivity contribution in [3.8, 4) is 0 Å². The van der Waals surface area contributed by atoms with E-state index in [9.17, 15) is 18.8 Å². The highest BCUT2D eigenvalue weighted by atomic mass is 19.1. The summed E-state index contributed by atoms with van der Waals surface area (Å²) in [6.07, 6.45) is 3.17. The summed E-state index contributed by atoms with van der Waals surface area (Å²) in [7, 11) is 0. The highest BCUT2D eigenvalue weighted by molar-refractivity contribution is 6.02. The molecule has 6 rings (SSSR count). The Hall–Kier alpha value is -3.74. The number of aromatic nitrogens is 1. The molecule has 38 heavy (non-hydrogen) atoms. The number of hydrogen-bond acceptors (Lipinski definition) is 3. The normalized spacial score (nSPS) is 21.1. The van der Waals surface area contributed by atoms with E-state index in [-0.39, 0.29) is 41.9 Å². The van der Waals surface area contributed by atoms with Crippen molar-refractivity contribution in [3.63, 3.8) is 0 Å². The SMILES string of the molecule is CC(C)(C)[C@H](CC(=O)c1cc2ccccc2[nH]1)C(=O)N1C[C@@H]2C[C@H]1CN2C(=O)C1=Cc2ccc(F)cc2C1. The fraction of sp³-hybridized carbons (Fsp3) is 0.387. The quantitative estimate of drug-likeness (QED) is 0.489. The standard InChI is InChI=1S/C31H32FN3O3/c1-31(2,3)25(15-28(36)27-13-19-6-4-5-7-26(19)33-27)30(38)35-17-23-14-24(35)16-34(23)29(37)21-10-18-8-9-22(32)12-20(18)11-21/h4-10,12-13,23-25,33H,11,14-17H2,1-3H3/t23-,24-,25+/m0/s1. The second-order valence-electron chi connectivity index (χ2n) is 12.0. The van der Waals surface area contributed by atoms with Gasteiger partial charge in [-0.3, -0.25) is 14.4 Å². The summed E-state index contributed by atoms with van der Waals surface area (Å²) in [5, 5.41) is 0.974. The van der Waals surface area contributed by atoms with Crippen LogP contribution in [0, 0.1) is 17.2 Å². The summed E-state index contributed by atoms with van der Waals surface area (Å²) in [6.45, 7) is 6.99. The molecule has 1 aliphatic carbocycles. The molecule has 2 fully saturated rings. The maximum absolute atomic E-state index is 13.8. The fourth-order valence-electron chi connectivity index (χ4n) is 6.30. The fourth-order valence-corrected chi connectivity index (χ4v) is 6.30. The molecule has 3 atom stereocenters. The smallest absolute Gasteiger partial charge is 0.250 e. The van der Waals surface area contributed by atoms with Crippen LogP contribution in [0.25, 0.3) is 17.0 Å². The predicted molar refractivity (Wildman–Crippen MR) is 144 cm³/mol. The number of piperazine rings is 1. The van der Waals surface area contributed by atoms with E-state index in [2.05, 4.69) is 4.98 Å². The van der Waals surface area contributed by atoms with Gasteiger partial charge in [0.1, 0.15) is 5.82 Å². The van der Waals surface area contributed by atoms with Gasteiger partial charge in [0.15, 0.2) is 5.78 Å². The molecule has 2 amide bonds. The summed E-state index contributed by atoms with van der Waals surface area (Å²) < 4.78 is 13.6. The Morgan fingerprint density at radius 3 is 2.47 bits per heavy atom. The number of halogens is 1. The molecule has 2 aromatic carbocycles. The van der Waals surface area contributed by atoms with Crippen molar-refractivity contribution in [2.24, 2.45) is 11.3 Å². The molecule has 0 spiro atoms. The van der Waals surface area contributed by atoms with Crippen molar-refractivity contribution >= 4 is 34.6 Å². The molecule has 7 heteroatoms. The van der Waals surface area contributed by atoms with Crippen LogP contribution in [0.15, 0.2) is 54.1 Å². The van der Waals surface area contributed by atoms with E-state index < -0.39 is 11.3 Å². The van der Waals surface area contributed by atoms with Gasteiger partial charge in [-0.15, -0.1) is 0 Å². The first-order valence-electron chi connectivity index (χ1n) is 13.3. The van der Waals surface area contributed by atoms with Gasteiger partial charge < -0.3 is 14.8 Å². The third kappa shape index (κ3) is 4.24. The van der Waals surface area contributed by atoms with Crippen LogP contribution in [0.1, 0.15) is 55.2 Å². The van der Waals surface area contributed by atoms with E-state index in [1.165, 1.54) is 12.1 Å². The minimum atomic E-state index is -0.466. The number of para-hydroxylation sites is 1. The van der Waals surface area contributed by atoms with Crippen molar-refractivity contribution in [1.82, 2.24) is 14.8 Å². The van der Waals surface area contributed by atoms with Crippen molar-refractivity contribution in [3.05, 3.63) is 76.7 Å². The summed E-state index contributed by atoms with van der Waals surface area (Å²) >= 11 is 0. The summed E-state index contributed by atoms with van der Waals surface area (Å²) in [4.78, 5) is 47.4. The number of nitrogens with one attached hydrogen (secondary N) is 1. The lowest BCUT2D eigenvalue weighted by molar-refractivity contribution is -0.144. The molecule has 3 heterocycles. The number of amides is 2. The molecule has 2 bridgehead atoms. The number of rotatable bonds is 5. The number of ketones is 1. The molecule has 3 aromatic rings. The number of hydrogen-bond donors (Lipinski definition) is 1. The van der Waals surface area contributed by atoms with Crippen LogP contribution in [0.2, 0.25) is 0 Å². The van der Waals surface area contributed by atoms with Gasteiger partial charge in [-0.1, -0.05) is 45.0 Å². The summed E-state index contributed by atoms with van der Waals surface area (Å²) in [5.74, 6) is -0.865. The Kier molecular flexibility index (Phi) is 5.78. The number of carbonyl (C=O) groups excluding carboxylic acids is 3. The molecule has 0 radical (unpaired) electrons. The van der Waals surface area contributed by atoms with E-state index >= 15 is 0 Å². The number of aromatic amines is 1. The average Bonchev–Trinajstić information content (AvgIpc) is 3.66. The third-order valence-corrected chi connectivity index (χ3v) is 8.44.